The number of nitrogens with one attached hydrogen (secondary N) is 1. The number of carbonyl (C=O) groups is 3. The number of rotatable bonds is 9. The first-order valence-electron chi connectivity index (χ1n) is 8.42. The predicted molar refractivity (Wildman–Crippen MR) is 89.6 cm³/mol. The highest BCUT2D eigenvalue weighted by Gasteiger charge is 2.53. The summed E-state index contributed by atoms with van der Waals surface area (Å²) in [6, 6.07) is 0. The maximum atomic E-state index is 13.9. The van der Waals surface area contributed by atoms with Gasteiger partial charge in [0.15, 0.2) is 23.3 Å². The molecule has 13 heteroatoms. The molecule has 0 radical (unpaired) electrons. The first kappa shape index (κ1) is 24.3. The minimum atomic E-state index is -4.66. The zero-order valence-electron chi connectivity index (χ0n) is 15.7. The molecule has 1 aromatic carbocycles. The summed E-state index contributed by atoms with van der Waals surface area (Å²) in [7, 11) is -4.66. The molecule has 7 nitrogen and oxygen atoms in total. The van der Waals surface area contributed by atoms with Gasteiger partial charge in [0.1, 0.15) is 11.9 Å². The monoisotopic (exact) mass is 443 g/mol. The van der Waals surface area contributed by atoms with Crippen molar-refractivity contribution >= 4 is 32.4 Å². The molecule has 162 valence electrons. The number of hydrogen-bond acceptors (Lipinski definition) is 7. The standard InChI is InChI=1S/C16H18F5NO6Si/c1-4-8(23)26-29(27-9(24)5-2,28-10(25)6-3)7-22-16-14(20)12(18)11(17)13(19)15(16)21/h22H,4-7H2,1-3H3. The Morgan fingerprint density at radius 2 is 1.00 bits per heavy atom. The molecular weight excluding hydrogens is 425 g/mol. The van der Waals surface area contributed by atoms with Gasteiger partial charge in [0, 0.05) is 19.3 Å². The number of hydrogen-bond donors (Lipinski definition) is 1. The van der Waals surface area contributed by atoms with Crippen molar-refractivity contribution < 1.29 is 49.6 Å². The highest BCUT2D eigenvalue weighted by Crippen LogP contribution is 2.28. The van der Waals surface area contributed by atoms with Gasteiger partial charge >= 0.3 is 8.80 Å². The van der Waals surface area contributed by atoms with E-state index in [-0.39, 0.29) is 19.3 Å². The van der Waals surface area contributed by atoms with Gasteiger partial charge in [0.25, 0.3) is 17.9 Å². The van der Waals surface area contributed by atoms with Gasteiger partial charge in [-0.3, -0.25) is 14.4 Å². The van der Waals surface area contributed by atoms with Gasteiger partial charge in [-0.15, -0.1) is 0 Å². The van der Waals surface area contributed by atoms with Gasteiger partial charge in [-0.2, -0.15) is 0 Å². The predicted octanol–water partition coefficient (Wildman–Crippen LogP) is 3.13. The molecule has 0 aliphatic heterocycles. The van der Waals surface area contributed by atoms with Gasteiger partial charge in [0.05, 0.1) is 0 Å². The van der Waals surface area contributed by atoms with Crippen molar-refractivity contribution in [2.75, 3.05) is 11.5 Å². The van der Waals surface area contributed by atoms with Crippen molar-refractivity contribution in [3.05, 3.63) is 29.1 Å². The highest BCUT2D eigenvalue weighted by molar-refractivity contribution is 6.66. The maximum Gasteiger partial charge on any atom is 0.725 e. The van der Waals surface area contributed by atoms with E-state index in [1.807, 2.05) is 5.32 Å². The van der Waals surface area contributed by atoms with Crippen LogP contribution in [0.2, 0.25) is 0 Å². The molecule has 0 saturated heterocycles. The second kappa shape index (κ2) is 10.2. The Kier molecular flexibility index (Phi) is 8.54. The lowest BCUT2D eigenvalue weighted by Crippen LogP contribution is -2.56. The Morgan fingerprint density at radius 1 is 0.690 bits per heavy atom. The van der Waals surface area contributed by atoms with Crippen molar-refractivity contribution in [3.8, 4) is 0 Å². The summed E-state index contributed by atoms with van der Waals surface area (Å²) in [5, 5.41) is 1.85. The molecule has 0 heterocycles. The average Bonchev–Trinajstić information content (AvgIpc) is 2.70. The van der Waals surface area contributed by atoms with Gasteiger partial charge in [0.2, 0.25) is 5.82 Å². The molecule has 0 aromatic heterocycles. The quantitative estimate of drug-likeness (QED) is 0.271. The molecule has 0 aliphatic rings. The molecule has 0 spiro atoms. The zero-order valence-corrected chi connectivity index (χ0v) is 16.7. The van der Waals surface area contributed by atoms with E-state index in [1.54, 1.807) is 0 Å². The van der Waals surface area contributed by atoms with Crippen LogP contribution in [-0.4, -0.2) is 32.9 Å². The molecule has 0 fully saturated rings. The summed E-state index contributed by atoms with van der Waals surface area (Å²) in [6.45, 7) is 4.09. The van der Waals surface area contributed by atoms with Crippen LogP contribution in [0.3, 0.4) is 0 Å². The molecular formula is C16H18F5NO6Si. The minimum Gasteiger partial charge on any atom is -0.454 e. The number of carbonyl (C=O) groups excluding carboxylic acids is 3. The largest absolute Gasteiger partial charge is 0.725 e. The van der Waals surface area contributed by atoms with E-state index < -0.39 is 67.7 Å². The smallest absolute Gasteiger partial charge is 0.454 e. The van der Waals surface area contributed by atoms with Crippen molar-refractivity contribution in [2.24, 2.45) is 0 Å². The fraction of sp³-hybridized carbons (Fsp3) is 0.438. The van der Waals surface area contributed by atoms with Crippen LogP contribution >= 0.6 is 0 Å². The van der Waals surface area contributed by atoms with Crippen molar-refractivity contribution in [1.29, 1.82) is 0 Å². The SMILES string of the molecule is CCC(=O)O[Si](CNc1c(F)c(F)c(F)c(F)c1F)(OC(=O)CC)OC(=O)CC. The van der Waals surface area contributed by atoms with Crippen LogP contribution in [0, 0.1) is 29.1 Å². The maximum absolute atomic E-state index is 13.9. The second-order valence-corrected chi connectivity index (χ2v) is 7.80. The average molecular weight is 443 g/mol. The molecule has 1 rings (SSSR count). The topological polar surface area (TPSA) is 90.9 Å². The van der Waals surface area contributed by atoms with Gasteiger partial charge in [-0.1, -0.05) is 20.8 Å². The van der Waals surface area contributed by atoms with Crippen molar-refractivity contribution in [3.63, 3.8) is 0 Å². The highest BCUT2D eigenvalue weighted by atomic mass is 28.4. The Balaban J connectivity index is 3.37. The molecule has 0 bridgehead atoms. The molecule has 0 aliphatic carbocycles. The zero-order chi connectivity index (χ0) is 22.4. The van der Waals surface area contributed by atoms with Gasteiger partial charge in [-0.25, -0.2) is 22.0 Å². The van der Waals surface area contributed by atoms with E-state index in [2.05, 4.69) is 0 Å². The third-order valence-electron chi connectivity index (χ3n) is 3.37. The van der Waals surface area contributed by atoms with Crippen molar-refractivity contribution in [2.45, 2.75) is 40.0 Å². The normalized spacial score (nSPS) is 11.0. The van der Waals surface area contributed by atoms with Crippen LogP contribution in [0.4, 0.5) is 27.6 Å². The van der Waals surface area contributed by atoms with Crippen molar-refractivity contribution in [1.82, 2.24) is 0 Å². The third-order valence-corrected chi connectivity index (χ3v) is 5.59. The summed E-state index contributed by atoms with van der Waals surface area (Å²) in [6.07, 6.45) is -1.76. The van der Waals surface area contributed by atoms with Crippen LogP contribution < -0.4 is 5.32 Å². The molecule has 0 saturated carbocycles. The van der Waals surface area contributed by atoms with Gasteiger partial charge < -0.3 is 18.6 Å². The van der Waals surface area contributed by atoms with Crippen LogP contribution in [-0.2, 0) is 27.7 Å². The van der Waals surface area contributed by atoms with E-state index in [0.29, 0.717) is 0 Å². The van der Waals surface area contributed by atoms with Crippen LogP contribution in [0.1, 0.15) is 40.0 Å². The van der Waals surface area contributed by atoms with E-state index in [4.69, 9.17) is 13.3 Å². The molecule has 29 heavy (non-hydrogen) atoms. The van der Waals surface area contributed by atoms with E-state index in [9.17, 15) is 36.3 Å². The second-order valence-electron chi connectivity index (χ2n) is 5.46. The molecule has 0 atom stereocenters. The van der Waals surface area contributed by atoms with E-state index >= 15 is 0 Å². The summed E-state index contributed by atoms with van der Waals surface area (Å²) in [5.74, 6) is -14.2. The summed E-state index contributed by atoms with van der Waals surface area (Å²) < 4.78 is 82.5. The Hall–Kier alpha value is -2.70. The fourth-order valence-corrected chi connectivity index (χ4v) is 4.07. The first-order chi connectivity index (χ1) is 13.5. The number of benzene rings is 1. The Labute approximate surface area is 163 Å². The third kappa shape index (κ3) is 5.89. The van der Waals surface area contributed by atoms with Crippen LogP contribution in [0.15, 0.2) is 0 Å². The van der Waals surface area contributed by atoms with E-state index in [1.165, 1.54) is 20.8 Å². The lowest BCUT2D eigenvalue weighted by molar-refractivity contribution is -0.150. The molecule has 1 aromatic rings. The Bertz CT molecular complexity index is 732. The summed E-state index contributed by atoms with van der Waals surface area (Å²) >= 11 is 0. The molecule has 0 amide bonds. The summed E-state index contributed by atoms with van der Waals surface area (Å²) in [5.41, 5.74) is -1.47. The van der Waals surface area contributed by atoms with E-state index in [0.717, 1.165) is 0 Å². The minimum absolute atomic E-state index is 0.245. The summed E-state index contributed by atoms with van der Waals surface area (Å²) in [4.78, 5) is 35.2. The number of halogens is 5. The molecule has 0 unspecified atom stereocenters. The number of anilines is 1. The van der Waals surface area contributed by atoms with Gasteiger partial charge in [-0.05, 0) is 0 Å². The molecule has 1 N–H and O–H groups in total. The van der Waals surface area contributed by atoms with Crippen LogP contribution in [0.5, 0.6) is 0 Å². The lowest BCUT2D eigenvalue weighted by Gasteiger charge is -2.28. The van der Waals surface area contributed by atoms with Crippen LogP contribution in [0.25, 0.3) is 0 Å². The lowest BCUT2D eigenvalue weighted by atomic mass is 10.2. The first-order valence-corrected chi connectivity index (χ1v) is 10.4. The fourth-order valence-electron chi connectivity index (χ4n) is 1.86. The Morgan fingerprint density at radius 3 is 1.31 bits per heavy atom.